The molecule has 0 aromatic carbocycles. The topological polar surface area (TPSA) is 125 Å². The Morgan fingerprint density at radius 2 is 2.25 bits per heavy atom. The van der Waals surface area contributed by atoms with Crippen LogP contribution in [0.15, 0.2) is 15.8 Å². The first-order valence-electron chi connectivity index (χ1n) is 5.92. The number of hydrogen-bond acceptors (Lipinski definition) is 6. The number of H-pyrrole nitrogens is 2. The van der Waals surface area contributed by atoms with Crippen molar-refractivity contribution in [1.29, 1.82) is 0 Å². The number of nitrogens with one attached hydrogen (secondary N) is 2. The maximum absolute atomic E-state index is 11.8. The largest absolute Gasteiger partial charge is 0.437 e. The van der Waals surface area contributed by atoms with Crippen LogP contribution in [-0.2, 0) is 9.47 Å². The van der Waals surface area contributed by atoms with Gasteiger partial charge in [0, 0.05) is 13.1 Å². The van der Waals surface area contributed by atoms with E-state index in [0.29, 0.717) is 0 Å². The molecule has 108 valence electrons. The molecule has 1 aromatic heterocycles. The Kier molecular flexibility index (Phi) is 4.24. The van der Waals surface area contributed by atoms with Crippen LogP contribution in [0, 0.1) is 12.0 Å². The summed E-state index contributed by atoms with van der Waals surface area (Å²) in [6, 6.07) is 0. The van der Waals surface area contributed by atoms with Crippen LogP contribution in [-0.4, -0.2) is 45.1 Å². The van der Waals surface area contributed by atoms with Crippen molar-refractivity contribution in [2.45, 2.75) is 31.3 Å². The van der Waals surface area contributed by atoms with E-state index in [9.17, 15) is 14.7 Å². The minimum atomic E-state index is -1.14. The first-order valence-corrected chi connectivity index (χ1v) is 5.92. The molecule has 0 saturated carbocycles. The fourth-order valence-electron chi connectivity index (χ4n) is 2.03. The number of ether oxygens (including phenoxy) is 2. The monoisotopic (exact) mass is 282 g/mol. The van der Waals surface area contributed by atoms with Crippen LogP contribution in [0.5, 0.6) is 0 Å². The van der Waals surface area contributed by atoms with E-state index >= 15 is 0 Å². The molecule has 0 aliphatic carbocycles. The highest BCUT2D eigenvalue weighted by atomic mass is 16.6. The Balaban J connectivity index is 2.38. The van der Waals surface area contributed by atoms with E-state index in [2.05, 4.69) is 22.0 Å². The van der Waals surface area contributed by atoms with Crippen molar-refractivity contribution < 1.29 is 19.7 Å². The molecule has 8 nitrogen and oxygen atoms in total. The van der Waals surface area contributed by atoms with Crippen LogP contribution < -0.4 is 11.2 Å². The zero-order valence-electron chi connectivity index (χ0n) is 10.6. The van der Waals surface area contributed by atoms with Crippen molar-refractivity contribution in [3.05, 3.63) is 32.6 Å². The van der Waals surface area contributed by atoms with Crippen LogP contribution in [0.4, 0.5) is 0 Å². The highest BCUT2D eigenvalue weighted by Crippen LogP contribution is 2.33. The number of aliphatic hydroxyl groups excluding tert-OH is 2. The van der Waals surface area contributed by atoms with Gasteiger partial charge in [-0.05, 0) is 0 Å². The van der Waals surface area contributed by atoms with Gasteiger partial charge in [0.2, 0.25) is 0 Å². The second-order valence-corrected chi connectivity index (χ2v) is 4.23. The molecule has 4 N–H and O–H groups in total. The first-order chi connectivity index (χ1) is 9.58. The molecule has 1 unspecified atom stereocenters. The summed E-state index contributed by atoms with van der Waals surface area (Å²) in [6.07, 6.45) is -0.386. The lowest BCUT2D eigenvalue weighted by Gasteiger charge is -2.17. The average molecular weight is 282 g/mol. The van der Waals surface area contributed by atoms with Gasteiger partial charge in [-0.1, -0.05) is 5.92 Å². The minimum Gasteiger partial charge on any atom is -0.437 e. The summed E-state index contributed by atoms with van der Waals surface area (Å²) in [7, 11) is 0. The molecule has 1 aliphatic heterocycles. The molecule has 8 heteroatoms. The van der Waals surface area contributed by atoms with Gasteiger partial charge in [0.15, 0.2) is 6.10 Å². The van der Waals surface area contributed by atoms with Gasteiger partial charge < -0.3 is 24.7 Å². The van der Waals surface area contributed by atoms with E-state index in [0.717, 1.165) is 0 Å². The van der Waals surface area contributed by atoms with Crippen LogP contribution in [0.25, 0.3) is 0 Å². The molecule has 2 heterocycles. The van der Waals surface area contributed by atoms with Crippen molar-refractivity contribution in [2.75, 3.05) is 6.61 Å². The Hall–Kier alpha value is -2.08. The Labute approximate surface area is 113 Å². The summed E-state index contributed by atoms with van der Waals surface area (Å²) >= 11 is 0. The summed E-state index contributed by atoms with van der Waals surface area (Å²) in [5.74, 6) is 2.50. The standard InChI is InChI=1S/C12H14N2O6/c1-2-3-19-10-8(16)7(5-15)20-9(10)6-4-13-12(18)14-11(6)17/h4,7-10,15-16H,5H2,1H3,(H2,13,14,17,18)/t7-,8-,9?,10+/m0/s1. The molecule has 4 atom stereocenters. The third-order valence-electron chi connectivity index (χ3n) is 2.97. The number of aromatic nitrogens is 2. The Morgan fingerprint density at radius 3 is 2.85 bits per heavy atom. The van der Waals surface area contributed by atoms with Gasteiger partial charge in [0.1, 0.15) is 24.4 Å². The zero-order chi connectivity index (χ0) is 14.7. The van der Waals surface area contributed by atoms with E-state index < -0.39 is 42.3 Å². The van der Waals surface area contributed by atoms with Crippen molar-refractivity contribution in [3.8, 4) is 12.0 Å². The Bertz CT molecular complexity index is 640. The summed E-state index contributed by atoms with van der Waals surface area (Å²) in [6.45, 7) is 1.12. The molecule has 0 amide bonds. The zero-order valence-corrected chi connectivity index (χ0v) is 10.6. The molecule has 1 aliphatic rings. The number of rotatable bonds is 3. The van der Waals surface area contributed by atoms with Crippen molar-refractivity contribution in [1.82, 2.24) is 9.97 Å². The fraction of sp³-hybridized carbons (Fsp3) is 0.500. The van der Waals surface area contributed by atoms with Gasteiger partial charge >= 0.3 is 5.69 Å². The van der Waals surface area contributed by atoms with E-state index in [1.807, 2.05) is 0 Å². The maximum atomic E-state index is 11.8. The van der Waals surface area contributed by atoms with Crippen LogP contribution in [0.2, 0.25) is 0 Å². The third-order valence-corrected chi connectivity index (χ3v) is 2.97. The molecule has 0 bridgehead atoms. The molecule has 2 rings (SSSR count). The molecule has 1 aromatic rings. The van der Waals surface area contributed by atoms with Crippen molar-refractivity contribution >= 4 is 0 Å². The molecule has 1 fully saturated rings. The average Bonchev–Trinajstić information content (AvgIpc) is 2.73. The van der Waals surface area contributed by atoms with Gasteiger partial charge in [-0.25, -0.2) is 4.79 Å². The predicted molar refractivity (Wildman–Crippen MR) is 66.7 cm³/mol. The lowest BCUT2D eigenvalue weighted by Crippen LogP contribution is -2.35. The van der Waals surface area contributed by atoms with Crippen molar-refractivity contribution in [2.24, 2.45) is 0 Å². The fourth-order valence-corrected chi connectivity index (χ4v) is 2.03. The number of aliphatic hydroxyl groups is 2. The molecule has 20 heavy (non-hydrogen) atoms. The third kappa shape index (κ3) is 2.60. The first kappa shape index (κ1) is 14.3. The second-order valence-electron chi connectivity index (χ2n) is 4.23. The van der Waals surface area contributed by atoms with Gasteiger partial charge in [0.25, 0.3) is 5.56 Å². The van der Waals surface area contributed by atoms with Crippen LogP contribution in [0.1, 0.15) is 18.6 Å². The smallest absolute Gasteiger partial charge is 0.325 e. The van der Waals surface area contributed by atoms with Gasteiger partial charge in [-0.2, -0.15) is 0 Å². The van der Waals surface area contributed by atoms with Crippen LogP contribution in [0.3, 0.4) is 0 Å². The molecular formula is C12H14N2O6. The van der Waals surface area contributed by atoms with Gasteiger partial charge in [0.05, 0.1) is 12.2 Å². The summed E-state index contributed by atoms with van der Waals surface area (Å²) in [5, 5.41) is 19.1. The minimum absolute atomic E-state index is 0.0857. The molecule has 0 spiro atoms. The normalized spacial score (nSPS) is 28.8. The van der Waals surface area contributed by atoms with Crippen LogP contribution >= 0.6 is 0 Å². The van der Waals surface area contributed by atoms with E-state index in [-0.39, 0.29) is 5.56 Å². The second kappa shape index (κ2) is 5.92. The highest BCUT2D eigenvalue weighted by Gasteiger charge is 2.46. The molecule has 0 radical (unpaired) electrons. The van der Waals surface area contributed by atoms with E-state index in [4.69, 9.17) is 14.6 Å². The summed E-state index contributed by atoms with van der Waals surface area (Å²) in [5.41, 5.74) is -1.22. The molecule has 1 saturated heterocycles. The quantitative estimate of drug-likeness (QED) is 0.486. The number of hydrogen-bond donors (Lipinski definition) is 4. The summed E-state index contributed by atoms with van der Waals surface area (Å²) < 4.78 is 10.6. The van der Waals surface area contributed by atoms with Crippen molar-refractivity contribution in [3.63, 3.8) is 0 Å². The van der Waals surface area contributed by atoms with Gasteiger partial charge in [-0.3, -0.25) is 9.78 Å². The SMILES string of the molecule is CC#CO[C@H]1C(c2c[nH]c(=O)[nH]c2=O)O[C@@H](CO)[C@@H]1O. The Morgan fingerprint density at radius 1 is 1.50 bits per heavy atom. The van der Waals surface area contributed by atoms with E-state index in [1.165, 1.54) is 6.20 Å². The van der Waals surface area contributed by atoms with Gasteiger partial charge in [-0.15, -0.1) is 0 Å². The number of aromatic amines is 2. The lowest BCUT2D eigenvalue weighted by molar-refractivity contribution is -0.0232. The predicted octanol–water partition coefficient (Wildman–Crippen LogP) is -1.78. The summed E-state index contributed by atoms with van der Waals surface area (Å²) in [4.78, 5) is 27.1. The maximum Gasteiger partial charge on any atom is 0.325 e. The van der Waals surface area contributed by atoms with E-state index in [1.54, 1.807) is 6.92 Å². The highest BCUT2D eigenvalue weighted by molar-refractivity contribution is 5.14. The lowest BCUT2D eigenvalue weighted by atomic mass is 10.0. The molecular weight excluding hydrogens is 268 g/mol.